The Morgan fingerprint density at radius 2 is 1.73 bits per heavy atom. The fourth-order valence-electron chi connectivity index (χ4n) is 3.19. The summed E-state index contributed by atoms with van der Waals surface area (Å²) in [5.74, 6) is 0.101. The van der Waals surface area contributed by atoms with Crippen LogP contribution in [-0.2, 0) is 17.8 Å². The second kappa shape index (κ2) is 8.65. The summed E-state index contributed by atoms with van der Waals surface area (Å²) in [6.45, 7) is 3.64. The number of unbranched alkanes of at least 4 members (excludes halogenated alkanes) is 1. The van der Waals surface area contributed by atoms with E-state index in [9.17, 15) is 9.59 Å². The van der Waals surface area contributed by atoms with Crippen molar-refractivity contribution >= 4 is 17.5 Å². The number of aryl methyl sites for hydroxylation is 1. The SMILES string of the molecule is CCCCc1ccc(NC(=O)c2ccc(CN3CCCC3=O)cc2)cc1. The van der Waals surface area contributed by atoms with Crippen LogP contribution in [0.15, 0.2) is 48.5 Å². The number of carbonyl (C=O) groups is 2. The van der Waals surface area contributed by atoms with Crippen molar-refractivity contribution in [2.75, 3.05) is 11.9 Å². The maximum atomic E-state index is 12.4. The number of benzene rings is 2. The molecule has 136 valence electrons. The molecule has 0 unspecified atom stereocenters. The number of nitrogens with zero attached hydrogens (tertiary/aromatic N) is 1. The zero-order valence-electron chi connectivity index (χ0n) is 15.3. The number of amides is 2. The molecule has 1 saturated heterocycles. The first-order valence-electron chi connectivity index (χ1n) is 9.42. The normalized spacial score (nSPS) is 13.9. The molecule has 0 aliphatic carbocycles. The van der Waals surface area contributed by atoms with Gasteiger partial charge < -0.3 is 10.2 Å². The minimum atomic E-state index is -0.116. The standard InChI is InChI=1S/C22H26N2O2/c1-2-3-5-17-9-13-20(14-10-17)23-22(26)19-11-7-18(8-12-19)16-24-15-4-6-21(24)25/h7-14H,2-6,15-16H2,1H3,(H,23,26). The largest absolute Gasteiger partial charge is 0.338 e. The molecule has 2 amide bonds. The lowest BCUT2D eigenvalue weighted by molar-refractivity contribution is -0.128. The molecule has 3 rings (SSSR count). The minimum absolute atomic E-state index is 0.116. The molecular formula is C22H26N2O2. The molecule has 2 aromatic rings. The topological polar surface area (TPSA) is 49.4 Å². The summed E-state index contributed by atoms with van der Waals surface area (Å²) in [6.07, 6.45) is 5.03. The van der Waals surface area contributed by atoms with Crippen LogP contribution in [0.5, 0.6) is 0 Å². The number of hydrogen-bond acceptors (Lipinski definition) is 2. The lowest BCUT2D eigenvalue weighted by Gasteiger charge is -2.15. The van der Waals surface area contributed by atoms with E-state index in [1.165, 1.54) is 18.4 Å². The van der Waals surface area contributed by atoms with E-state index in [1.807, 2.05) is 41.3 Å². The van der Waals surface area contributed by atoms with Crippen LogP contribution < -0.4 is 5.32 Å². The smallest absolute Gasteiger partial charge is 0.255 e. The molecule has 0 aromatic heterocycles. The third-order valence-electron chi connectivity index (χ3n) is 4.79. The highest BCUT2D eigenvalue weighted by Gasteiger charge is 2.19. The summed E-state index contributed by atoms with van der Waals surface area (Å²) < 4.78 is 0. The summed E-state index contributed by atoms with van der Waals surface area (Å²) >= 11 is 0. The molecule has 1 aliphatic rings. The van der Waals surface area contributed by atoms with E-state index in [4.69, 9.17) is 0 Å². The Bertz CT molecular complexity index is 751. The molecule has 0 bridgehead atoms. The van der Waals surface area contributed by atoms with E-state index in [1.54, 1.807) is 0 Å². The average Bonchev–Trinajstić information content (AvgIpc) is 3.06. The van der Waals surface area contributed by atoms with E-state index in [0.29, 0.717) is 18.5 Å². The Labute approximate surface area is 155 Å². The summed E-state index contributed by atoms with van der Waals surface area (Å²) in [6, 6.07) is 15.5. The second-order valence-corrected chi connectivity index (χ2v) is 6.87. The van der Waals surface area contributed by atoms with Crippen molar-refractivity contribution in [1.29, 1.82) is 0 Å². The zero-order chi connectivity index (χ0) is 18.4. The van der Waals surface area contributed by atoms with Gasteiger partial charge in [-0.05, 0) is 54.7 Å². The minimum Gasteiger partial charge on any atom is -0.338 e. The molecule has 0 atom stereocenters. The third-order valence-corrected chi connectivity index (χ3v) is 4.79. The summed E-state index contributed by atoms with van der Waals surface area (Å²) in [5, 5.41) is 2.94. The van der Waals surface area contributed by atoms with Crippen LogP contribution in [0.4, 0.5) is 5.69 Å². The fourth-order valence-corrected chi connectivity index (χ4v) is 3.19. The first-order chi connectivity index (χ1) is 12.7. The second-order valence-electron chi connectivity index (χ2n) is 6.87. The lowest BCUT2D eigenvalue weighted by atomic mass is 10.1. The van der Waals surface area contributed by atoms with E-state index < -0.39 is 0 Å². The molecule has 1 aliphatic heterocycles. The van der Waals surface area contributed by atoms with E-state index >= 15 is 0 Å². The van der Waals surface area contributed by atoms with Gasteiger partial charge in [0, 0.05) is 30.8 Å². The maximum Gasteiger partial charge on any atom is 0.255 e. The zero-order valence-corrected chi connectivity index (χ0v) is 15.3. The first-order valence-corrected chi connectivity index (χ1v) is 9.42. The van der Waals surface area contributed by atoms with Gasteiger partial charge in [-0.2, -0.15) is 0 Å². The molecular weight excluding hydrogens is 324 g/mol. The summed E-state index contributed by atoms with van der Waals surface area (Å²) in [7, 11) is 0. The van der Waals surface area contributed by atoms with Crippen molar-refractivity contribution in [2.45, 2.75) is 45.6 Å². The van der Waals surface area contributed by atoms with E-state index in [0.717, 1.165) is 30.6 Å². The van der Waals surface area contributed by atoms with Crippen LogP contribution in [-0.4, -0.2) is 23.3 Å². The predicted octanol–water partition coefficient (Wildman–Crippen LogP) is 4.40. The van der Waals surface area contributed by atoms with Gasteiger partial charge in [0.15, 0.2) is 0 Å². The van der Waals surface area contributed by atoms with Crippen molar-refractivity contribution < 1.29 is 9.59 Å². The van der Waals surface area contributed by atoms with Crippen molar-refractivity contribution in [2.24, 2.45) is 0 Å². The molecule has 26 heavy (non-hydrogen) atoms. The van der Waals surface area contributed by atoms with Crippen LogP contribution in [0.25, 0.3) is 0 Å². The number of carbonyl (C=O) groups excluding carboxylic acids is 2. The van der Waals surface area contributed by atoms with E-state index in [2.05, 4.69) is 24.4 Å². The molecule has 0 radical (unpaired) electrons. The Morgan fingerprint density at radius 3 is 2.35 bits per heavy atom. The number of hydrogen-bond donors (Lipinski definition) is 1. The number of anilines is 1. The van der Waals surface area contributed by atoms with Crippen LogP contribution >= 0.6 is 0 Å². The van der Waals surface area contributed by atoms with Crippen molar-refractivity contribution in [3.05, 3.63) is 65.2 Å². The van der Waals surface area contributed by atoms with Crippen molar-refractivity contribution in [3.63, 3.8) is 0 Å². The maximum absolute atomic E-state index is 12.4. The molecule has 4 heteroatoms. The highest BCUT2D eigenvalue weighted by atomic mass is 16.2. The molecule has 1 N–H and O–H groups in total. The fraction of sp³-hybridized carbons (Fsp3) is 0.364. The van der Waals surface area contributed by atoms with Gasteiger partial charge in [-0.3, -0.25) is 9.59 Å². The Balaban J connectivity index is 1.56. The summed E-state index contributed by atoms with van der Waals surface area (Å²) in [5.41, 5.74) is 3.78. The number of nitrogens with one attached hydrogen (secondary N) is 1. The van der Waals surface area contributed by atoms with Crippen LogP contribution in [0, 0.1) is 0 Å². The van der Waals surface area contributed by atoms with Crippen molar-refractivity contribution in [3.8, 4) is 0 Å². The Hall–Kier alpha value is -2.62. The van der Waals surface area contributed by atoms with Gasteiger partial charge >= 0.3 is 0 Å². The first kappa shape index (κ1) is 18.2. The summed E-state index contributed by atoms with van der Waals surface area (Å²) in [4.78, 5) is 26.0. The molecule has 0 spiro atoms. The Kier molecular flexibility index (Phi) is 6.05. The monoisotopic (exact) mass is 350 g/mol. The van der Waals surface area contributed by atoms with Crippen LogP contribution in [0.2, 0.25) is 0 Å². The average molecular weight is 350 g/mol. The molecule has 0 saturated carbocycles. The van der Waals surface area contributed by atoms with Gasteiger partial charge in [0.2, 0.25) is 5.91 Å². The predicted molar refractivity (Wildman–Crippen MR) is 104 cm³/mol. The van der Waals surface area contributed by atoms with Gasteiger partial charge in [-0.25, -0.2) is 0 Å². The highest BCUT2D eigenvalue weighted by Crippen LogP contribution is 2.16. The van der Waals surface area contributed by atoms with Crippen molar-refractivity contribution in [1.82, 2.24) is 4.90 Å². The van der Waals surface area contributed by atoms with Crippen LogP contribution in [0.1, 0.15) is 54.1 Å². The number of rotatable bonds is 7. The quantitative estimate of drug-likeness (QED) is 0.804. The Morgan fingerprint density at radius 1 is 1.04 bits per heavy atom. The van der Waals surface area contributed by atoms with Gasteiger partial charge in [-0.15, -0.1) is 0 Å². The van der Waals surface area contributed by atoms with Crippen LogP contribution in [0.3, 0.4) is 0 Å². The third kappa shape index (κ3) is 4.72. The number of likely N-dealkylation sites (tertiary alicyclic amines) is 1. The van der Waals surface area contributed by atoms with E-state index in [-0.39, 0.29) is 11.8 Å². The van der Waals surface area contributed by atoms with Gasteiger partial charge in [0.25, 0.3) is 5.91 Å². The molecule has 2 aromatic carbocycles. The highest BCUT2D eigenvalue weighted by molar-refractivity contribution is 6.04. The van der Waals surface area contributed by atoms with Gasteiger partial charge in [-0.1, -0.05) is 37.6 Å². The molecule has 1 heterocycles. The van der Waals surface area contributed by atoms with Gasteiger partial charge in [0.05, 0.1) is 0 Å². The molecule has 1 fully saturated rings. The lowest BCUT2D eigenvalue weighted by Crippen LogP contribution is -2.23. The van der Waals surface area contributed by atoms with Gasteiger partial charge in [0.1, 0.15) is 0 Å². The molecule has 4 nitrogen and oxygen atoms in total.